The Morgan fingerprint density at radius 2 is 1.44 bits per heavy atom. The van der Waals surface area contributed by atoms with E-state index in [2.05, 4.69) is 46.6 Å². The van der Waals surface area contributed by atoms with E-state index < -0.39 is 0 Å². The molecule has 1 aliphatic heterocycles. The fraction of sp³-hybridized carbons (Fsp3) is 0.400. The van der Waals surface area contributed by atoms with E-state index in [1.807, 2.05) is 6.07 Å². The highest BCUT2D eigenvalue weighted by atomic mass is 16.5. The molecular formula is C20H26N2O3. The molecule has 134 valence electrons. The molecule has 1 fully saturated rings. The van der Waals surface area contributed by atoms with Crippen LogP contribution in [0.15, 0.2) is 42.5 Å². The third kappa shape index (κ3) is 3.72. The summed E-state index contributed by atoms with van der Waals surface area (Å²) in [5.41, 5.74) is 2.40. The van der Waals surface area contributed by atoms with Gasteiger partial charge in [-0.1, -0.05) is 30.3 Å². The maximum atomic E-state index is 5.56. The second-order valence-corrected chi connectivity index (χ2v) is 6.06. The molecule has 1 atom stereocenters. The fourth-order valence-corrected chi connectivity index (χ4v) is 3.45. The van der Waals surface area contributed by atoms with Crippen LogP contribution >= 0.6 is 0 Å². The van der Waals surface area contributed by atoms with Crippen molar-refractivity contribution in [3.8, 4) is 17.2 Å². The Morgan fingerprint density at radius 3 is 1.96 bits per heavy atom. The normalized spacial score (nSPS) is 16.3. The molecular weight excluding hydrogens is 316 g/mol. The summed E-state index contributed by atoms with van der Waals surface area (Å²) in [4.78, 5) is 2.49. The standard InChI is InChI=1S/C20H26N2O3/c1-23-17-13-16(14-18(24-2)20(17)25-3)19(15-7-5-4-6-8-15)22-11-9-21-10-12-22/h4-8,13-14,19,21H,9-12H2,1-3H3/t19-/m1/s1. The summed E-state index contributed by atoms with van der Waals surface area (Å²) < 4.78 is 16.6. The van der Waals surface area contributed by atoms with Gasteiger partial charge in [-0.2, -0.15) is 0 Å². The van der Waals surface area contributed by atoms with Crippen LogP contribution in [0.2, 0.25) is 0 Å². The van der Waals surface area contributed by atoms with Gasteiger partial charge in [-0.05, 0) is 23.3 Å². The lowest BCUT2D eigenvalue weighted by Gasteiger charge is -2.36. The quantitative estimate of drug-likeness (QED) is 0.874. The Bertz CT molecular complexity index is 660. The van der Waals surface area contributed by atoms with E-state index >= 15 is 0 Å². The van der Waals surface area contributed by atoms with Gasteiger partial charge in [0.05, 0.1) is 27.4 Å². The van der Waals surface area contributed by atoms with E-state index in [1.54, 1.807) is 21.3 Å². The van der Waals surface area contributed by atoms with Gasteiger partial charge in [0, 0.05) is 26.2 Å². The van der Waals surface area contributed by atoms with Crippen LogP contribution in [-0.4, -0.2) is 52.4 Å². The Balaban J connectivity index is 2.09. The van der Waals surface area contributed by atoms with Gasteiger partial charge in [-0.15, -0.1) is 0 Å². The molecule has 0 spiro atoms. The fourth-order valence-electron chi connectivity index (χ4n) is 3.45. The van der Waals surface area contributed by atoms with Gasteiger partial charge in [-0.3, -0.25) is 4.90 Å². The summed E-state index contributed by atoms with van der Waals surface area (Å²) in [6.07, 6.45) is 0. The van der Waals surface area contributed by atoms with Crippen molar-refractivity contribution in [1.82, 2.24) is 10.2 Å². The van der Waals surface area contributed by atoms with Crippen molar-refractivity contribution in [3.63, 3.8) is 0 Å². The molecule has 25 heavy (non-hydrogen) atoms. The lowest BCUT2D eigenvalue weighted by Crippen LogP contribution is -2.45. The van der Waals surface area contributed by atoms with Crippen molar-refractivity contribution in [1.29, 1.82) is 0 Å². The molecule has 0 amide bonds. The predicted molar refractivity (Wildman–Crippen MR) is 98.8 cm³/mol. The van der Waals surface area contributed by atoms with Crippen molar-refractivity contribution in [2.75, 3.05) is 47.5 Å². The van der Waals surface area contributed by atoms with Gasteiger partial charge in [0.1, 0.15) is 0 Å². The van der Waals surface area contributed by atoms with Gasteiger partial charge in [0.15, 0.2) is 11.5 Å². The summed E-state index contributed by atoms with van der Waals surface area (Å²) >= 11 is 0. The number of benzene rings is 2. The molecule has 0 saturated carbocycles. The lowest BCUT2D eigenvalue weighted by atomic mass is 9.95. The molecule has 5 heteroatoms. The van der Waals surface area contributed by atoms with Gasteiger partial charge >= 0.3 is 0 Å². The number of ether oxygens (including phenoxy) is 3. The Hall–Kier alpha value is -2.24. The van der Waals surface area contributed by atoms with Crippen molar-refractivity contribution in [3.05, 3.63) is 53.6 Å². The largest absolute Gasteiger partial charge is 0.493 e. The third-order valence-electron chi connectivity index (χ3n) is 4.63. The Kier molecular flexibility index (Phi) is 5.79. The van der Waals surface area contributed by atoms with Crippen molar-refractivity contribution in [2.24, 2.45) is 0 Å². The first-order valence-electron chi connectivity index (χ1n) is 8.58. The van der Waals surface area contributed by atoms with Gasteiger partial charge in [0.2, 0.25) is 5.75 Å². The molecule has 1 aliphatic rings. The number of rotatable bonds is 6. The van der Waals surface area contributed by atoms with Crippen LogP contribution in [0, 0.1) is 0 Å². The SMILES string of the molecule is COc1cc([C@@H](c2ccccc2)N2CCNCC2)cc(OC)c1OC. The molecule has 0 radical (unpaired) electrons. The Labute approximate surface area is 149 Å². The number of methoxy groups -OCH3 is 3. The summed E-state index contributed by atoms with van der Waals surface area (Å²) in [6.45, 7) is 3.98. The van der Waals surface area contributed by atoms with Crippen molar-refractivity contribution >= 4 is 0 Å². The zero-order valence-corrected chi connectivity index (χ0v) is 15.1. The molecule has 0 aliphatic carbocycles. The second kappa shape index (κ2) is 8.23. The Morgan fingerprint density at radius 1 is 0.840 bits per heavy atom. The van der Waals surface area contributed by atoms with Crippen LogP contribution in [0.3, 0.4) is 0 Å². The molecule has 1 saturated heterocycles. The van der Waals surface area contributed by atoms with Crippen LogP contribution < -0.4 is 19.5 Å². The third-order valence-corrected chi connectivity index (χ3v) is 4.63. The molecule has 2 aromatic rings. The number of hydrogen-bond acceptors (Lipinski definition) is 5. The van der Waals surface area contributed by atoms with Gasteiger partial charge in [-0.25, -0.2) is 0 Å². The summed E-state index contributed by atoms with van der Waals surface area (Å²) in [6, 6.07) is 14.8. The maximum Gasteiger partial charge on any atom is 0.203 e. The zero-order chi connectivity index (χ0) is 17.6. The minimum atomic E-state index is 0.150. The van der Waals surface area contributed by atoms with Crippen LogP contribution in [0.5, 0.6) is 17.2 Å². The summed E-state index contributed by atoms with van der Waals surface area (Å²) in [5, 5.41) is 3.42. The highest BCUT2D eigenvalue weighted by Crippen LogP contribution is 2.42. The maximum absolute atomic E-state index is 5.56. The predicted octanol–water partition coefficient (Wildman–Crippen LogP) is 2.71. The van der Waals surface area contributed by atoms with Gasteiger partial charge < -0.3 is 19.5 Å². The van der Waals surface area contributed by atoms with E-state index in [4.69, 9.17) is 14.2 Å². The van der Waals surface area contributed by atoms with E-state index in [0.29, 0.717) is 17.2 Å². The molecule has 5 nitrogen and oxygen atoms in total. The highest BCUT2D eigenvalue weighted by Gasteiger charge is 2.26. The first kappa shape index (κ1) is 17.6. The zero-order valence-electron chi connectivity index (χ0n) is 15.1. The summed E-state index contributed by atoms with van der Waals surface area (Å²) in [5.74, 6) is 2.00. The van der Waals surface area contributed by atoms with E-state index in [9.17, 15) is 0 Å². The molecule has 0 bridgehead atoms. The average molecular weight is 342 g/mol. The highest BCUT2D eigenvalue weighted by molar-refractivity contribution is 5.55. The van der Waals surface area contributed by atoms with E-state index in [1.165, 1.54) is 5.56 Å². The smallest absolute Gasteiger partial charge is 0.203 e. The number of piperazine rings is 1. The lowest BCUT2D eigenvalue weighted by molar-refractivity contribution is 0.197. The van der Waals surface area contributed by atoms with Crippen molar-refractivity contribution in [2.45, 2.75) is 6.04 Å². The second-order valence-electron chi connectivity index (χ2n) is 6.06. The molecule has 1 heterocycles. The van der Waals surface area contributed by atoms with Crippen LogP contribution in [-0.2, 0) is 0 Å². The summed E-state index contributed by atoms with van der Waals surface area (Å²) in [7, 11) is 4.94. The molecule has 2 aromatic carbocycles. The molecule has 1 N–H and O–H groups in total. The minimum absolute atomic E-state index is 0.150. The number of nitrogens with zero attached hydrogens (tertiary/aromatic N) is 1. The van der Waals surface area contributed by atoms with E-state index in [-0.39, 0.29) is 6.04 Å². The monoisotopic (exact) mass is 342 g/mol. The minimum Gasteiger partial charge on any atom is -0.493 e. The first-order valence-corrected chi connectivity index (χ1v) is 8.58. The topological polar surface area (TPSA) is 43.0 Å². The molecule has 0 aromatic heterocycles. The molecule has 3 rings (SSSR count). The number of nitrogens with one attached hydrogen (secondary N) is 1. The van der Waals surface area contributed by atoms with E-state index in [0.717, 1.165) is 31.7 Å². The average Bonchev–Trinajstić information content (AvgIpc) is 2.69. The molecule has 0 unspecified atom stereocenters. The van der Waals surface area contributed by atoms with Crippen molar-refractivity contribution < 1.29 is 14.2 Å². The van der Waals surface area contributed by atoms with Gasteiger partial charge in [0.25, 0.3) is 0 Å². The number of hydrogen-bond donors (Lipinski definition) is 1. The van der Waals surface area contributed by atoms with Crippen LogP contribution in [0.4, 0.5) is 0 Å². The first-order chi connectivity index (χ1) is 12.3. The van der Waals surface area contributed by atoms with Crippen LogP contribution in [0.25, 0.3) is 0 Å². The van der Waals surface area contributed by atoms with Crippen LogP contribution in [0.1, 0.15) is 17.2 Å².